The lowest BCUT2D eigenvalue weighted by Gasteiger charge is -2.26. The minimum absolute atomic E-state index is 0.0656. The van der Waals surface area contributed by atoms with Gasteiger partial charge in [-0.3, -0.25) is 4.79 Å². The summed E-state index contributed by atoms with van der Waals surface area (Å²) in [7, 11) is 0. The molecule has 1 aliphatic heterocycles. The van der Waals surface area contributed by atoms with E-state index in [-0.39, 0.29) is 17.8 Å². The zero-order valence-electron chi connectivity index (χ0n) is 13.2. The lowest BCUT2D eigenvalue weighted by Crippen LogP contribution is -2.32. The zero-order valence-corrected chi connectivity index (χ0v) is 13.2. The van der Waals surface area contributed by atoms with Crippen LogP contribution in [0.2, 0.25) is 0 Å². The number of aromatic nitrogens is 2. The van der Waals surface area contributed by atoms with Crippen LogP contribution in [0.4, 0.5) is 4.39 Å². The van der Waals surface area contributed by atoms with Crippen LogP contribution in [0.3, 0.4) is 0 Å². The van der Waals surface area contributed by atoms with E-state index in [4.69, 9.17) is 0 Å². The predicted molar refractivity (Wildman–Crippen MR) is 89.0 cm³/mol. The summed E-state index contributed by atoms with van der Waals surface area (Å²) in [4.78, 5) is 19.0. The normalized spacial score (nSPS) is 17.5. The van der Waals surface area contributed by atoms with Crippen LogP contribution < -0.4 is 0 Å². The third-order valence-electron chi connectivity index (χ3n) is 4.64. The number of benzene rings is 1. The summed E-state index contributed by atoms with van der Waals surface area (Å²) in [5, 5.41) is 0. The Hall–Kier alpha value is -2.69. The molecule has 1 fully saturated rings. The van der Waals surface area contributed by atoms with Crippen molar-refractivity contribution in [2.24, 2.45) is 0 Å². The van der Waals surface area contributed by atoms with Gasteiger partial charge in [0.25, 0.3) is 0 Å². The monoisotopic (exact) mass is 323 g/mol. The first kappa shape index (κ1) is 14.9. The molecule has 2 aromatic heterocycles. The van der Waals surface area contributed by atoms with Crippen molar-refractivity contribution in [3.63, 3.8) is 0 Å². The van der Waals surface area contributed by atoms with Gasteiger partial charge in [0, 0.05) is 24.6 Å². The number of rotatable bonds is 3. The molecule has 0 N–H and O–H groups in total. The first-order valence-electron chi connectivity index (χ1n) is 8.18. The fraction of sp³-hybridized carbons (Fsp3) is 0.263. The molecule has 5 heteroatoms. The van der Waals surface area contributed by atoms with Crippen LogP contribution in [0.1, 0.15) is 30.1 Å². The van der Waals surface area contributed by atoms with Gasteiger partial charge in [-0.1, -0.05) is 18.2 Å². The van der Waals surface area contributed by atoms with Crippen LogP contribution in [-0.4, -0.2) is 26.7 Å². The summed E-state index contributed by atoms with van der Waals surface area (Å²) in [6.45, 7) is 0.760. The first-order valence-corrected chi connectivity index (χ1v) is 8.18. The standard InChI is InChI=1S/C19H18FN3O/c20-15-8-6-14(7-9-15)13-19(24)23-11-2-4-17(23)16-3-1-5-18-21-10-12-22(16)18/h1,3,5-10,12,17H,2,4,11,13H2/t17-/m0/s1. The van der Waals surface area contributed by atoms with Gasteiger partial charge in [-0.05, 0) is 42.7 Å². The average Bonchev–Trinajstić information content (AvgIpc) is 3.25. The fourth-order valence-corrected chi connectivity index (χ4v) is 3.49. The van der Waals surface area contributed by atoms with Crippen molar-refractivity contribution in [3.05, 3.63) is 71.9 Å². The fourth-order valence-electron chi connectivity index (χ4n) is 3.49. The van der Waals surface area contributed by atoms with Crippen molar-refractivity contribution < 1.29 is 9.18 Å². The minimum Gasteiger partial charge on any atom is -0.334 e. The molecular weight excluding hydrogens is 305 g/mol. The van der Waals surface area contributed by atoms with Crippen molar-refractivity contribution in [1.29, 1.82) is 0 Å². The Bertz CT molecular complexity index is 872. The topological polar surface area (TPSA) is 37.6 Å². The van der Waals surface area contributed by atoms with Crippen molar-refractivity contribution >= 4 is 11.6 Å². The first-order chi connectivity index (χ1) is 11.7. The summed E-state index contributed by atoms with van der Waals surface area (Å²) in [5.41, 5.74) is 2.83. The Morgan fingerprint density at radius 2 is 2.04 bits per heavy atom. The molecule has 1 atom stereocenters. The van der Waals surface area contributed by atoms with E-state index in [1.54, 1.807) is 18.3 Å². The molecule has 1 aliphatic rings. The second kappa shape index (κ2) is 6.07. The number of hydrogen-bond acceptors (Lipinski definition) is 2. The SMILES string of the molecule is O=C(Cc1ccc(F)cc1)N1CCC[C@H]1c1cccc2nccn12. The van der Waals surface area contributed by atoms with Gasteiger partial charge in [0.15, 0.2) is 0 Å². The number of carbonyl (C=O) groups excluding carboxylic acids is 1. The largest absolute Gasteiger partial charge is 0.334 e. The Morgan fingerprint density at radius 3 is 2.88 bits per heavy atom. The summed E-state index contributed by atoms with van der Waals surface area (Å²) < 4.78 is 15.1. The Morgan fingerprint density at radius 1 is 1.21 bits per heavy atom. The van der Waals surface area contributed by atoms with Crippen LogP contribution >= 0.6 is 0 Å². The number of pyridine rings is 1. The van der Waals surface area contributed by atoms with E-state index < -0.39 is 0 Å². The smallest absolute Gasteiger partial charge is 0.227 e. The second-order valence-corrected chi connectivity index (χ2v) is 6.15. The molecule has 0 saturated carbocycles. The molecular formula is C19H18FN3O. The number of amides is 1. The van der Waals surface area contributed by atoms with Gasteiger partial charge in [0.2, 0.25) is 5.91 Å². The highest BCUT2D eigenvalue weighted by Gasteiger charge is 2.31. The van der Waals surface area contributed by atoms with Gasteiger partial charge < -0.3 is 9.30 Å². The summed E-state index contributed by atoms with van der Waals surface area (Å²) >= 11 is 0. The quantitative estimate of drug-likeness (QED) is 0.741. The third-order valence-corrected chi connectivity index (χ3v) is 4.64. The van der Waals surface area contributed by atoms with Crippen LogP contribution in [0.15, 0.2) is 54.9 Å². The van der Waals surface area contributed by atoms with Crippen molar-refractivity contribution in [1.82, 2.24) is 14.3 Å². The Labute approximate surface area is 139 Å². The molecule has 122 valence electrons. The molecule has 24 heavy (non-hydrogen) atoms. The van der Waals surface area contributed by atoms with Gasteiger partial charge in [0.05, 0.1) is 12.5 Å². The van der Waals surface area contributed by atoms with Gasteiger partial charge in [-0.2, -0.15) is 0 Å². The highest BCUT2D eigenvalue weighted by molar-refractivity contribution is 5.79. The maximum absolute atomic E-state index is 13.0. The maximum atomic E-state index is 13.0. The molecule has 0 bridgehead atoms. The number of fused-ring (bicyclic) bond motifs is 1. The molecule has 3 heterocycles. The molecule has 3 aromatic rings. The third kappa shape index (κ3) is 2.66. The van der Waals surface area contributed by atoms with E-state index >= 15 is 0 Å². The lowest BCUT2D eigenvalue weighted by molar-refractivity contribution is -0.131. The van der Waals surface area contributed by atoms with E-state index in [1.165, 1.54) is 12.1 Å². The van der Waals surface area contributed by atoms with E-state index in [0.29, 0.717) is 6.42 Å². The summed E-state index contributed by atoms with van der Waals surface area (Å²) in [5.74, 6) is -0.196. The Kier molecular flexibility index (Phi) is 3.76. The lowest BCUT2D eigenvalue weighted by atomic mass is 10.1. The molecule has 4 nitrogen and oxygen atoms in total. The van der Waals surface area contributed by atoms with E-state index in [2.05, 4.69) is 11.1 Å². The predicted octanol–water partition coefficient (Wildman–Crippen LogP) is 3.38. The second-order valence-electron chi connectivity index (χ2n) is 6.15. The van der Waals surface area contributed by atoms with E-state index in [1.807, 2.05) is 27.6 Å². The summed E-state index contributed by atoms with van der Waals surface area (Å²) in [6.07, 6.45) is 5.96. The number of hydrogen-bond donors (Lipinski definition) is 0. The number of imidazole rings is 1. The Balaban J connectivity index is 1.59. The van der Waals surface area contributed by atoms with E-state index in [9.17, 15) is 9.18 Å². The van der Waals surface area contributed by atoms with Crippen LogP contribution in [0.5, 0.6) is 0 Å². The van der Waals surface area contributed by atoms with E-state index in [0.717, 1.165) is 36.3 Å². The molecule has 4 rings (SSSR count). The van der Waals surface area contributed by atoms with Gasteiger partial charge in [-0.25, -0.2) is 9.37 Å². The van der Waals surface area contributed by atoms with Crippen molar-refractivity contribution in [3.8, 4) is 0 Å². The molecule has 0 aliphatic carbocycles. The van der Waals surface area contributed by atoms with Gasteiger partial charge in [0.1, 0.15) is 11.5 Å². The van der Waals surface area contributed by atoms with Crippen molar-refractivity contribution in [2.45, 2.75) is 25.3 Å². The van der Waals surface area contributed by atoms with Crippen LogP contribution in [0.25, 0.3) is 5.65 Å². The minimum atomic E-state index is -0.281. The van der Waals surface area contributed by atoms with Crippen molar-refractivity contribution in [2.75, 3.05) is 6.54 Å². The average molecular weight is 323 g/mol. The van der Waals surface area contributed by atoms with Crippen LogP contribution in [0, 0.1) is 5.82 Å². The highest BCUT2D eigenvalue weighted by atomic mass is 19.1. The highest BCUT2D eigenvalue weighted by Crippen LogP contribution is 2.32. The van der Waals surface area contributed by atoms with Crippen LogP contribution in [-0.2, 0) is 11.2 Å². The molecule has 0 unspecified atom stereocenters. The molecule has 0 spiro atoms. The molecule has 1 amide bonds. The number of likely N-dealkylation sites (tertiary alicyclic amines) is 1. The summed E-state index contributed by atoms with van der Waals surface area (Å²) in [6, 6.07) is 12.2. The van der Waals surface area contributed by atoms with Gasteiger partial charge >= 0.3 is 0 Å². The number of nitrogens with zero attached hydrogens (tertiary/aromatic N) is 3. The van der Waals surface area contributed by atoms with Gasteiger partial charge in [-0.15, -0.1) is 0 Å². The molecule has 1 saturated heterocycles. The molecule has 0 radical (unpaired) electrons. The number of carbonyl (C=O) groups is 1. The molecule has 1 aromatic carbocycles. The zero-order chi connectivity index (χ0) is 16.5. The number of halogens is 1. The maximum Gasteiger partial charge on any atom is 0.227 e.